The summed E-state index contributed by atoms with van der Waals surface area (Å²) >= 11 is 0. The molecule has 0 aromatic rings. The van der Waals surface area contributed by atoms with Crippen molar-refractivity contribution in [3.05, 3.63) is 0 Å². The van der Waals surface area contributed by atoms with Crippen molar-refractivity contribution in [1.82, 2.24) is 4.72 Å². The van der Waals surface area contributed by atoms with Gasteiger partial charge in [-0.1, -0.05) is 0 Å². The van der Waals surface area contributed by atoms with Crippen molar-refractivity contribution in [3.8, 4) is 0 Å². The maximum absolute atomic E-state index is 11.3. The number of nitrogens with one attached hydrogen (secondary N) is 1. The van der Waals surface area contributed by atoms with Crippen molar-refractivity contribution in [1.29, 1.82) is 0 Å². The third-order valence-corrected chi connectivity index (χ3v) is 3.13. The first kappa shape index (κ1) is 11.9. The Kier molecular flexibility index (Phi) is 3.68. The van der Waals surface area contributed by atoms with Gasteiger partial charge in [0.25, 0.3) is 0 Å². The third-order valence-electron chi connectivity index (χ3n) is 1.36. The van der Waals surface area contributed by atoms with Gasteiger partial charge in [-0.15, -0.1) is 0 Å². The summed E-state index contributed by atoms with van der Waals surface area (Å²) in [5.41, 5.74) is 0. The standard InChI is InChI=1S/C7H19N2O2S/c1-7(2)12(10,11)8-6-9(3,4)5/h7-8H,6H2,1-5H3/q+1. The van der Waals surface area contributed by atoms with E-state index < -0.39 is 10.0 Å². The summed E-state index contributed by atoms with van der Waals surface area (Å²) in [6.45, 7) is 3.76. The molecule has 0 amide bonds. The Balaban J connectivity index is 4.12. The predicted molar refractivity (Wildman–Crippen MR) is 50.1 cm³/mol. The molecule has 0 aromatic carbocycles. The van der Waals surface area contributed by atoms with Gasteiger partial charge < -0.3 is 4.48 Å². The van der Waals surface area contributed by atoms with Gasteiger partial charge in [0.1, 0.15) is 6.67 Å². The van der Waals surface area contributed by atoms with Crippen LogP contribution in [0.3, 0.4) is 0 Å². The van der Waals surface area contributed by atoms with Gasteiger partial charge in [-0.05, 0) is 13.8 Å². The van der Waals surface area contributed by atoms with Gasteiger partial charge in [0.05, 0.1) is 26.4 Å². The van der Waals surface area contributed by atoms with Gasteiger partial charge in [0.2, 0.25) is 10.0 Å². The van der Waals surface area contributed by atoms with Crippen LogP contribution in [0.4, 0.5) is 0 Å². The van der Waals surface area contributed by atoms with E-state index in [0.717, 1.165) is 0 Å². The van der Waals surface area contributed by atoms with E-state index in [1.807, 2.05) is 21.1 Å². The second kappa shape index (κ2) is 3.72. The molecule has 0 unspecified atom stereocenters. The molecule has 0 atom stereocenters. The van der Waals surface area contributed by atoms with E-state index in [2.05, 4.69) is 4.72 Å². The van der Waals surface area contributed by atoms with Crippen LogP contribution in [0.25, 0.3) is 0 Å². The normalized spacial score (nSPS) is 13.8. The first-order valence-corrected chi connectivity index (χ1v) is 5.49. The zero-order valence-corrected chi connectivity index (χ0v) is 9.27. The van der Waals surface area contributed by atoms with E-state index in [9.17, 15) is 8.42 Å². The summed E-state index contributed by atoms with van der Waals surface area (Å²) < 4.78 is 25.6. The fourth-order valence-electron chi connectivity index (χ4n) is 0.450. The van der Waals surface area contributed by atoms with Crippen LogP contribution in [0.2, 0.25) is 0 Å². The lowest BCUT2D eigenvalue weighted by Crippen LogP contribution is -2.46. The molecular weight excluding hydrogens is 176 g/mol. The Bertz CT molecular complexity index is 226. The summed E-state index contributed by atoms with van der Waals surface area (Å²) in [5, 5.41) is -0.357. The molecule has 0 aromatic heterocycles. The van der Waals surface area contributed by atoms with Gasteiger partial charge >= 0.3 is 0 Å². The van der Waals surface area contributed by atoms with Crippen molar-refractivity contribution in [2.45, 2.75) is 19.1 Å². The lowest BCUT2D eigenvalue weighted by Gasteiger charge is -2.24. The van der Waals surface area contributed by atoms with Crippen LogP contribution < -0.4 is 4.72 Å². The Morgan fingerprint density at radius 2 is 1.67 bits per heavy atom. The average Bonchev–Trinajstić information content (AvgIpc) is 1.82. The predicted octanol–water partition coefficient (Wildman–Crippen LogP) is -0.0221. The quantitative estimate of drug-likeness (QED) is 0.506. The highest BCUT2D eigenvalue weighted by molar-refractivity contribution is 7.90. The topological polar surface area (TPSA) is 46.2 Å². The molecule has 74 valence electrons. The lowest BCUT2D eigenvalue weighted by molar-refractivity contribution is -0.871. The second-order valence-corrected chi connectivity index (χ2v) is 6.51. The van der Waals surface area contributed by atoms with Crippen LogP contribution in [-0.4, -0.2) is 46.0 Å². The number of hydrogen-bond acceptors (Lipinski definition) is 2. The summed E-state index contributed by atoms with van der Waals surface area (Å²) in [4.78, 5) is 0. The van der Waals surface area contributed by atoms with Crippen molar-refractivity contribution in [3.63, 3.8) is 0 Å². The SMILES string of the molecule is CC(C)S(=O)(=O)NC[N+](C)(C)C. The van der Waals surface area contributed by atoms with Gasteiger partial charge in [0.15, 0.2) is 0 Å². The first-order chi connectivity index (χ1) is 5.15. The molecule has 0 rings (SSSR count). The molecule has 0 spiro atoms. The van der Waals surface area contributed by atoms with E-state index >= 15 is 0 Å². The minimum Gasteiger partial charge on any atom is -0.318 e. The van der Waals surface area contributed by atoms with Crippen molar-refractivity contribution < 1.29 is 12.9 Å². The molecule has 4 nitrogen and oxygen atoms in total. The van der Waals surface area contributed by atoms with E-state index in [-0.39, 0.29) is 5.25 Å². The third kappa shape index (κ3) is 4.69. The molecule has 0 bridgehead atoms. The molecule has 0 heterocycles. The molecule has 0 fully saturated rings. The summed E-state index contributed by atoms with van der Waals surface area (Å²) in [7, 11) is 2.70. The zero-order valence-electron chi connectivity index (χ0n) is 8.46. The molecule has 0 saturated carbocycles. The number of sulfonamides is 1. The molecule has 12 heavy (non-hydrogen) atoms. The Morgan fingerprint density at radius 3 is 1.92 bits per heavy atom. The van der Waals surface area contributed by atoms with Crippen molar-refractivity contribution >= 4 is 10.0 Å². The number of rotatable bonds is 4. The molecule has 0 aliphatic heterocycles. The Labute approximate surface area is 75.2 Å². The van der Waals surface area contributed by atoms with E-state index in [1.165, 1.54) is 0 Å². The maximum atomic E-state index is 11.3. The lowest BCUT2D eigenvalue weighted by atomic mass is 10.6. The minimum absolute atomic E-state index is 0.357. The first-order valence-electron chi connectivity index (χ1n) is 3.94. The largest absolute Gasteiger partial charge is 0.318 e. The molecular formula is C7H19N2O2S+. The molecule has 0 aliphatic carbocycles. The van der Waals surface area contributed by atoms with Gasteiger partial charge in [-0.3, -0.25) is 0 Å². The number of hydrogen-bond donors (Lipinski definition) is 1. The Hall–Kier alpha value is -0.130. The smallest absolute Gasteiger partial charge is 0.218 e. The van der Waals surface area contributed by atoms with Crippen LogP contribution in [-0.2, 0) is 10.0 Å². The van der Waals surface area contributed by atoms with Crippen LogP contribution >= 0.6 is 0 Å². The van der Waals surface area contributed by atoms with Crippen molar-refractivity contribution in [2.75, 3.05) is 27.8 Å². The highest BCUT2D eigenvalue weighted by Crippen LogP contribution is 1.96. The molecule has 0 aliphatic rings. The maximum Gasteiger partial charge on any atom is 0.218 e. The van der Waals surface area contributed by atoms with Crippen molar-refractivity contribution in [2.24, 2.45) is 0 Å². The summed E-state index contributed by atoms with van der Waals surface area (Å²) in [6, 6.07) is 0. The van der Waals surface area contributed by atoms with Crippen LogP contribution in [0, 0.1) is 0 Å². The highest BCUT2D eigenvalue weighted by Gasteiger charge is 2.18. The fourth-order valence-corrected chi connectivity index (χ4v) is 1.35. The van der Waals surface area contributed by atoms with Gasteiger partial charge in [-0.2, -0.15) is 4.72 Å². The second-order valence-electron chi connectivity index (χ2n) is 4.19. The number of nitrogens with zero attached hydrogens (tertiary/aromatic N) is 1. The molecule has 0 radical (unpaired) electrons. The number of quaternary nitrogens is 1. The summed E-state index contributed by atoms with van der Waals surface area (Å²) in [5.74, 6) is 0. The highest BCUT2D eigenvalue weighted by atomic mass is 32.2. The summed E-state index contributed by atoms with van der Waals surface area (Å²) in [6.07, 6.45) is 0. The van der Waals surface area contributed by atoms with Crippen LogP contribution in [0.5, 0.6) is 0 Å². The van der Waals surface area contributed by atoms with E-state index in [4.69, 9.17) is 0 Å². The van der Waals surface area contributed by atoms with E-state index in [1.54, 1.807) is 13.8 Å². The zero-order chi connectivity index (χ0) is 9.99. The van der Waals surface area contributed by atoms with E-state index in [0.29, 0.717) is 11.2 Å². The fraction of sp³-hybridized carbons (Fsp3) is 1.00. The molecule has 0 saturated heterocycles. The monoisotopic (exact) mass is 195 g/mol. The van der Waals surface area contributed by atoms with Gasteiger partial charge in [-0.25, -0.2) is 8.42 Å². The van der Waals surface area contributed by atoms with Gasteiger partial charge in [0, 0.05) is 0 Å². The molecule has 1 N–H and O–H groups in total. The molecule has 5 heteroatoms. The van der Waals surface area contributed by atoms with Crippen LogP contribution in [0.1, 0.15) is 13.8 Å². The minimum atomic E-state index is -3.10. The average molecular weight is 195 g/mol. The van der Waals surface area contributed by atoms with Crippen LogP contribution in [0.15, 0.2) is 0 Å². The Morgan fingerprint density at radius 1 is 1.25 bits per heavy atom.